The molecular formula is C14H14N2O4S. The number of aliphatic carboxylic acids is 1. The lowest BCUT2D eigenvalue weighted by Gasteiger charge is -2.13. The van der Waals surface area contributed by atoms with Gasteiger partial charge in [0.2, 0.25) is 5.91 Å². The second-order valence-electron chi connectivity index (χ2n) is 4.35. The SMILES string of the molecule is C=CCN1C(=O)C(CC(=O)O)SC1=Nc1ccc(O)cc1. The van der Waals surface area contributed by atoms with E-state index in [0.717, 1.165) is 11.8 Å². The molecule has 2 N–H and O–H groups in total. The summed E-state index contributed by atoms with van der Waals surface area (Å²) in [5, 5.41) is 17.9. The van der Waals surface area contributed by atoms with Crippen LogP contribution in [0.15, 0.2) is 41.9 Å². The number of aromatic hydroxyl groups is 1. The van der Waals surface area contributed by atoms with Crippen molar-refractivity contribution in [2.45, 2.75) is 11.7 Å². The maximum atomic E-state index is 12.2. The van der Waals surface area contributed by atoms with Crippen molar-refractivity contribution in [3.05, 3.63) is 36.9 Å². The number of nitrogens with zero attached hydrogens (tertiary/aromatic N) is 2. The number of amides is 1. The van der Waals surface area contributed by atoms with Gasteiger partial charge in [-0.25, -0.2) is 4.99 Å². The van der Waals surface area contributed by atoms with Gasteiger partial charge in [-0.05, 0) is 24.3 Å². The van der Waals surface area contributed by atoms with Crippen molar-refractivity contribution in [1.29, 1.82) is 0 Å². The Morgan fingerprint density at radius 2 is 2.10 bits per heavy atom. The Hall–Kier alpha value is -2.28. The van der Waals surface area contributed by atoms with Gasteiger partial charge in [-0.1, -0.05) is 17.8 Å². The first-order valence-corrected chi connectivity index (χ1v) is 7.07. The van der Waals surface area contributed by atoms with Gasteiger partial charge in [0.15, 0.2) is 5.17 Å². The quantitative estimate of drug-likeness (QED) is 0.812. The lowest BCUT2D eigenvalue weighted by Crippen LogP contribution is -2.32. The number of phenolic OH excluding ortho intramolecular Hbond substituents is 1. The van der Waals surface area contributed by atoms with Crippen LogP contribution in [-0.2, 0) is 9.59 Å². The van der Waals surface area contributed by atoms with Gasteiger partial charge in [0.25, 0.3) is 0 Å². The zero-order valence-corrected chi connectivity index (χ0v) is 11.9. The average Bonchev–Trinajstić information content (AvgIpc) is 2.70. The maximum absolute atomic E-state index is 12.2. The highest BCUT2D eigenvalue weighted by Gasteiger charge is 2.38. The molecule has 110 valence electrons. The molecule has 1 aliphatic heterocycles. The summed E-state index contributed by atoms with van der Waals surface area (Å²) >= 11 is 1.13. The van der Waals surface area contributed by atoms with Crippen molar-refractivity contribution < 1.29 is 19.8 Å². The minimum absolute atomic E-state index is 0.126. The van der Waals surface area contributed by atoms with Crippen molar-refractivity contribution in [2.75, 3.05) is 6.54 Å². The molecule has 1 aromatic carbocycles. The highest BCUT2D eigenvalue weighted by Crippen LogP contribution is 2.31. The number of thioether (sulfide) groups is 1. The van der Waals surface area contributed by atoms with Gasteiger partial charge < -0.3 is 10.2 Å². The van der Waals surface area contributed by atoms with Crippen molar-refractivity contribution >= 4 is 34.5 Å². The van der Waals surface area contributed by atoms with E-state index in [1.54, 1.807) is 18.2 Å². The second-order valence-corrected chi connectivity index (χ2v) is 5.52. The molecular weight excluding hydrogens is 292 g/mol. The number of hydrogen-bond donors (Lipinski definition) is 2. The van der Waals surface area contributed by atoms with E-state index in [1.165, 1.54) is 17.0 Å². The number of rotatable bonds is 5. The zero-order valence-electron chi connectivity index (χ0n) is 11.1. The fraction of sp³-hybridized carbons (Fsp3) is 0.214. The predicted molar refractivity (Wildman–Crippen MR) is 80.7 cm³/mol. The summed E-state index contributed by atoms with van der Waals surface area (Å²) in [4.78, 5) is 28.7. The van der Waals surface area contributed by atoms with E-state index in [1.807, 2.05) is 0 Å². The van der Waals surface area contributed by atoms with Gasteiger partial charge in [-0.3, -0.25) is 14.5 Å². The van der Waals surface area contributed by atoms with E-state index < -0.39 is 11.2 Å². The third kappa shape index (κ3) is 3.63. The number of hydrogen-bond acceptors (Lipinski definition) is 5. The van der Waals surface area contributed by atoms with E-state index in [4.69, 9.17) is 5.11 Å². The fourth-order valence-electron chi connectivity index (χ4n) is 1.82. The number of aliphatic imine (C=N–C) groups is 1. The second kappa shape index (κ2) is 6.45. The summed E-state index contributed by atoms with van der Waals surface area (Å²) in [7, 11) is 0. The maximum Gasteiger partial charge on any atom is 0.305 e. The Morgan fingerprint density at radius 1 is 1.43 bits per heavy atom. The van der Waals surface area contributed by atoms with Gasteiger partial charge in [0, 0.05) is 6.54 Å². The smallest absolute Gasteiger partial charge is 0.305 e. The first kappa shape index (κ1) is 15.1. The van der Waals surface area contributed by atoms with Crippen LogP contribution in [0.1, 0.15) is 6.42 Å². The Bertz CT molecular complexity index is 597. The molecule has 0 aliphatic carbocycles. The summed E-state index contributed by atoms with van der Waals surface area (Å²) in [5.41, 5.74) is 0.577. The Labute approximate surface area is 125 Å². The number of amidine groups is 1. The topological polar surface area (TPSA) is 90.2 Å². The fourth-order valence-corrected chi connectivity index (χ4v) is 2.98. The first-order chi connectivity index (χ1) is 10.0. The number of carbonyl (C=O) groups is 2. The summed E-state index contributed by atoms with van der Waals surface area (Å²) in [6.07, 6.45) is 1.32. The first-order valence-electron chi connectivity index (χ1n) is 6.19. The van der Waals surface area contributed by atoms with Crippen molar-refractivity contribution in [1.82, 2.24) is 4.90 Å². The van der Waals surface area contributed by atoms with Gasteiger partial charge in [0.05, 0.1) is 12.1 Å². The summed E-state index contributed by atoms with van der Waals surface area (Å²) in [5.74, 6) is -1.18. The number of carboxylic acid groups (broad SMARTS) is 1. The molecule has 1 fully saturated rings. The number of benzene rings is 1. The monoisotopic (exact) mass is 306 g/mol. The van der Waals surface area contributed by atoms with Crippen LogP contribution < -0.4 is 0 Å². The van der Waals surface area contributed by atoms with Crippen LogP contribution in [0.25, 0.3) is 0 Å². The van der Waals surface area contributed by atoms with Crippen LogP contribution in [-0.4, -0.2) is 44.0 Å². The lowest BCUT2D eigenvalue weighted by atomic mass is 10.2. The highest BCUT2D eigenvalue weighted by molar-refractivity contribution is 8.15. The van der Waals surface area contributed by atoms with E-state index in [2.05, 4.69) is 11.6 Å². The van der Waals surface area contributed by atoms with Gasteiger partial charge in [-0.2, -0.15) is 0 Å². The molecule has 0 radical (unpaired) electrons. The van der Waals surface area contributed by atoms with Gasteiger partial charge in [0.1, 0.15) is 11.0 Å². The Balaban J connectivity index is 2.27. The molecule has 0 bridgehead atoms. The molecule has 1 heterocycles. The van der Waals surface area contributed by atoms with Crippen molar-refractivity contribution in [2.24, 2.45) is 4.99 Å². The molecule has 7 heteroatoms. The van der Waals surface area contributed by atoms with E-state index in [-0.39, 0.29) is 24.6 Å². The van der Waals surface area contributed by atoms with Gasteiger partial charge in [-0.15, -0.1) is 6.58 Å². The van der Waals surface area contributed by atoms with Crippen molar-refractivity contribution in [3.63, 3.8) is 0 Å². The third-order valence-electron chi connectivity index (χ3n) is 2.77. The van der Waals surface area contributed by atoms with Crippen molar-refractivity contribution in [3.8, 4) is 5.75 Å². The largest absolute Gasteiger partial charge is 0.508 e. The van der Waals surface area contributed by atoms with Crippen LogP contribution in [0.5, 0.6) is 5.75 Å². The standard InChI is InChI=1S/C14H14N2O4S/c1-2-7-16-13(20)11(8-12(18)19)21-14(16)15-9-3-5-10(17)6-4-9/h2-6,11,17H,1,7-8H2,(H,18,19). The minimum Gasteiger partial charge on any atom is -0.508 e. The van der Waals surface area contributed by atoms with Crippen LogP contribution in [0.4, 0.5) is 5.69 Å². The zero-order chi connectivity index (χ0) is 15.4. The molecule has 0 aromatic heterocycles. The van der Waals surface area contributed by atoms with E-state index >= 15 is 0 Å². The molecule has 1 atom stereocenters. The molecule has 21 heavy (non-hydrogen) atoms. The van der Waals surface area contributed by atoms with Crippen LogP contribution in [0.2, 0.25) is 0 Å². The number of phenols is 1. The van der Waals surface area contributed by atoms with E-state index in [9.17, 15) is 14.7 Å². The molecule has 6 nitrogen and oxygen atoms in total. The van der Waals surface area contributed by atoms with Crippen LogP contribution >= 0.6 is 11.8 Å². The third-order valence-corrected chi connectivity index (χ3v) is 3.94. The molecule has 0 saturated carbocycles. The summed E-state index contributed by atoms with van der Waals surface area (Å²) in [6, 6.07) is 6.22. The number of carboxylic acids is 1. The molecule has 1 amide bonds. The predicted octanol–water partition coefficient (Wildman–Crippen LogP) is 1.98. The molecule has 0 spiro atoms. The van der Waals surface area contributed by atoms with Gasteiger partial charge >= 0.3 is 5.97 Å². The molecule has 1 aliphatic rings. The normalized spacial score (nSPS) is 20.0. The Morgan fingerprint density at radius 3 is 2.67 bits per heavy atom. The van der Waals surface area contributed by atoms with Crippen LogP contribution in [0.3, 0.4) is 0 Å². The number of carbonyl (C=O) groups excluding carboxylic acids is 1. The van der Waals surface area contributed by atoms with Crippen LogP contribution in [0, 0.1) is 0 Å². The summed E-state index contributed by atoms with van der Waals surface area (Å²) < 4.78 is 0. The lowest BCUT2D eigenvalue weighted by molar-refractivity contribution is -0.139. The summed E-state index contributed by atoms with van der Waals surface area (Å²) in [6.45, 7) is 3.87. The highest BCUT2D eigenvalue weighted by atomic mass is 32.2. The Kier molecular flexibility index (Phi) is 4.64. The molecule has 2 rings (SSSR count). The van der Waals surface area contributed by atoms with E-state index in [0.29, 0.717) is 10.9 Å². The minimum atomic E-state index is -1.02. The molecule has 1 aromatic rings. The average molecular weight is 306 g/mol. The molecule has 1 unspecified atom stereocenters. The molecule has 1 saturated heterocycles.